The third-order valence-corrected chi connectivity index (χ3v) is 6.07. The Hall–Kier alpha value is -3.53. The van der Waals surface area contributed by atoms with Crippen LogP contribution in [0.25, 0.3) is 22.1 Å². The molecule has 2 atom stereocenters. The quantitative estimate of drug-likeness (QED) is 0.335. The van der Waals surface area contributed by atoms with Gasteiger partial charge in [0.05, 0.1) is 11.8 Å². The van der Waals surface area contributed by atoms with Gasteiger partial charge in [-0.2, -0.15) is 0 Å². The first-order chi connectivity index (χ1) is 15.4. The second-order valence-electron chi connectivity index (χ2n) is 8.60. The Kier molecular flexibility index (Phi) is 6.04. The molecule has 162 valence electrons. The highest BCUT2D eigenvalue weighted by molar-refractivity contribution is 6.20. The zero-order chi connectivity index (χ0) is 22.8. The Labute approximate surface area is 189 Å². The number of allylic oxidation sites excluding steroid dienone is 3. The Bertz CT molecular complexity index is 1300. The molecule has 3 heterocycles. The first-order valence-corrected chi connectivity index (χ1v) is 10.9. The van der Waals surface area contributed by atoms with Gasteiger partial charge in [-0.05, 0) is 57.2 Å². The van der Waals surface area contributed by atoms with E-state index in [-0.39, 0.29) is 12.0 Å². The van der Waals surface area contributed by atoms with Crippen molar-refractivity contribution in [3.8, 4) is 0 Å². The number of hydrogen-bond donors (Lipinski definition) is 0. The number of nitrogens with zero attached hydrogens (tertiary/aromatic N) is 3. The van der Waals surface area contributed by atoms with E-state index >= 15 is 0 Å². The van der Waals surface area contributed by atoms with Crippen LogP contribution in [-0.4, -0.2) is 23.5 Å². The van der Waals surface area contributed by atoms with Gasteiger partial charge in [-0.15, -0.1) is 0 Å². The van der Waals surface area contributed by atoms with Gasteiger partial charge in [0.15, 0.2) is 0 Å². The molecule has 0 saturated heterocycles. The second-order valence-corrected chi connectivity index (χ2v) is 8.60. The van der Waals surface area contributed by atoms with Crippen LogP contribution in [0.1, 0.15) is 37.8 Å². The van der Waals surface area contributed by atoms with Gasteiger partial charge in [0, 0.05) is 40.6 Å². The molecular formula is C28H29N3O. The minimum Gasteiger partial charge on any atom is -0.437 e. The fourth-order valence-corrected chi connectivity index (χ4v) is 4.52. The summed E-state index contributed by atoms with van der Waals surface area (Å²) >= 11 is 0. The predicted molar refractivity (Wildman–Crippen MR) is 136 cm³/mol. The molecule has 32 heavy (non-hydrogen) atoms. The van der Waals surface area contributed by atoms with Gasteiger partial charge >= 0.3 is 0 Å². The van der Waals surface area contributed by atoms with Crippen molar-refractivity contribution in [3.05, 3.63) is 90.3 Å². The standard InChI is InChI=1S/C28H29N3O/c1-7-18(4)21-12-10-20-11-13-22-23-9-8-14-30-28(23)32-27(22)26(20)25(15-17(2)3)31-19(5)16-24(21)29-6/h7-9,11,13-15,21,24H,1,4-6,10,12,16H2,2-3H3. The first kappa shape index (κ1) is 21.7. The van der Waals surface area contributed by atoms with Crippen LogP contribution >= 0.6 is 0 Å². The Balaban J connectivity index is 1.99. The highest BCUT2D eigenvalue weighted by atomic mass is 16.3. The Morgan fingerprint density at radius 3 is 2.75 bits per heavy atom. The van der Waals surface area contributed by atoms with Crippen LogP contribution in [0.15, 0.2) is 93.6 Å². The molecule has 0 fully saturated rings. The lowest BCUT2D eigenvalue weighted by atomic mass is 9.83. The van der Waals surface area contributed by atoms with Crippen LogP contribution in [0.3, 0.4) is 0 Å². The van der Waals surface area contributed by atoms with E-state index in [4.69, 9.17) is 9.41 Å². The van der Waals surface area contributed by atoms with Crippen LogP contribution < -0.4 is 0 Å². The van der Waals surface area contributed by atoms with Crippen molar-refractivity contribution in [2.45, 2.75) is 39.2 Å². The summed E-state index contributed by atoms with van der Waals surface area (Å²) in [5.74, 6) is 0.128. The minimum absolute atomic E-state index is 0.0367. The van der Waals surface area contributed by atoms with Crippen LogP contribution in [-0.2, 0) is 6.42 Å². The topological polar surface area (TPSA) is 50.8 Å². The number of aryl methyl sites for hydroxylation is 1. The van der Waals surface area contributed by atoms with Gasteiger partial charge in [0.25, 0.3) is 0 Å². The zero-order valence-corrected chi connectivity index (χ0v) is 18.9. The molecule has 1 aromatic carbocycles. The second kappa shape index (κ2) is 8.91. The van der Waals surface area contributed by atoms with Crippen molar-refractivity contribution in [2.24, 2.45) is 15.9 Å². The van der Waals surface area contributed by atoms with Crippen LogP contribution in [0.5, 0.6) is 0 Å². The van der Waals surface area contributed by atoms with Crippen molar-refractivity contribution in [1.29, 1.82) is 0 Å². The summed E-state index contributed by atoms with van der Waals surface area (Å²) in [7, 11) is 0. The molecule has 1 aliphatic rings. The van der Waals surface area contributed by atoms with E-state index < -0.39 is 0 Å². The molecule has 0 bridgehead atoms. The first-order valence-electron chi connectivity index (χ1n) is 10.9. The molecule has 1 aliphatic heterocycles. The van der Waals surface area contributed by atoms with Crippen molar-refractivity contribution in [3.63, 3.8) is 0 Å². The van der Waals surface area contributed by atoms with Gasteiger partial charge in [-0.3, -0.25) is 9.98 Å². The lowest BCUT2D eigenvalue weighted by Crippen LogP contribution is -2.22. The molecule has 4 nitrogen and oxygen atoms in total. The van der Waals surface area contributed by atoms with E-state index in [0.717, 1.165) is 57.3 Å². The van der Waals surface area contributed by atoms with E-state index in [1.165, 1.54) is 5.56 Å². The number of aliphatic imine (C=N–C) groups is 2. The van der Waals surface area contributed by atoms with Gasteiger partial charge in [0.2, 0.25) is 5.71 Å². The van der Waals surface area contributed by atoms with E-state index in [9.17, 15) is 0 Å². The maximum atomic E-state index is 6.29. The fourth-order valence-electron chi connectivity index (χ4n) is 4.52. The molecule has 2 aromatic heterocycles. The smallest absolute Gasteiger partial charge is 0.227 e. The number of fused-ring (bicyclic) bond motifs is 5. The van der Waals surface area contributed by atoms with Gasteiger partial charge < -0.3 is 4.42 Å². The van der Waals surface area contributed by atoms with Crippen LogP contribution in [0.4, 0.5) is 0 Å². The molecule has 0 aliphatic carbocycles. The molecule has 0 spiro atoms. The third kappa shape index (κ3) is 4.01. The van der Waals surface area contributed by atoms with Crippen LogP contribution in [0.2, 0.25) is 0 Å². The van der Waals surface area contributed by atoms with E-state index in [1.54, 1.807) is 6.20 Å². The summed E-state index contributed by atoms with van der Waals surface area (Å²) in [5.41, 5.74) is 7.38. The summed E-state index contributed by atoms with van der Waals surface area (Å²) in [6.07, 6.45) is 8.01. The molecule has 0 amide bonds. The number of pyridine rings is 1. The molecule has 0 saturated carbocycles. The number of aromatic nitrogens is 1. The minimum atomic E-state index is -0.0367. The molecular weight excluding hydrogens is 394 g/mol. The molecule has 3 aromatic rings. The van der Waals surface area contributed by atoms with E-state index in [1.807, 2.05) is 18.2 Å². The monoisotopic (exact) mass is 423 g/mol. The maximum absolute atomic E-state index is 6.29. The number of furan rings is 1. The van der Waals surface area contributed by atoms with E-state index in [0.29, 0.717) is 12.1 Å². The number of hydrogen-bond acceptors (Lipinski definition) is 4. The lowest BCUT2D eigenvalue weighted by molar-refractivity contribution is 0.455. The molecule has 0 radical (unpaired) electrons. The number of benzene rings is 1. The van der Waals surface area contributed by atoms with Crippen molar-refractivity contribution >= 4 is 34.5 Å². The SMILES string of the molecule is C=CC(=C)C1CCc2ccc3c(oc4ncccc43)c2C(C=C(C)C)=NC(=C)CC1N=C. The Morgan fingerprint density at radius 1 is 1.22 bits per heavy atom. The van der Waals surface area contributed by atoms with Crippen molar-refractivity contribution in [2.75, 3.05) is 0 Å². The summed E-state index contributed by atoms with van der Waals surface area (Å²) in [6, 6.07) is 8.25. The summed E-state index contributed by atoms with van der Waals surface area (Å²) in [6.45, 7) is 20.4. The molecule has 4 rings (SSSR count). The lowest BCUT2D eigenvalue weighted by Gasteiger charge is -2.26. The van der Waals surface area contributed by atoms with Gasteiger partial charge in [0.1, 0.15) is 5.58 Å². The molecule has 2 unspecified atom stereocenters. The summed E-state index contributed by atoms with van der Waals surface area (Å²) < 4.78 is 6.29. The maximum Gasteiger partial charge on any atom is 0.227 e. The molecule has 4 heteroatoms. The third-order valence-electron chi connectivity index (χ3n) is 6.07. The number of rotatable bonds is 4. The average molecular weight is 424 g/mol. The fraction of sp³-hybridized carbons (Fsp3) is 0.250. The highest BCUT2D eigenvalue weighted by Gasteiger charge is 2.26. The Morgan fingerprint density at radius 2 is 2.03 bits per heavy atom. The predicted octanol–water partition coefficient (Wildman–Crippen LogP) is 7.01. The highest BCUT2D eigenvalue weighted by Crippen LogP contribution is 2.36. The van der Waals surface area contributed by atoms with Crippen molar-refractivity contribution in [1.82, 2.24) is 4.98 Å². The van der Waals surface area contributed by atoms with Crippen LogP contribution in [0, 0.1) is 5.92 Å². The molecule has 0 N–H and O–H groups in total. The van der Waals surface area contributed by atoms with Gasteiger partial charge in [-0.1, -0.05) is 49.1 Å². The van der Waals surface area contributed by atoms with E-state index in [2.05, 4.69) is 68.5 Å². The average Bonchev–Trinajstić information content (AvgIpc) is 3.15. The summed E-state index contributed by atoms with van der Waals surface area (Å²) in [4.78, 5) is 13.8. The van der Waals surface area contributed by atoms with Crippen molar-refractivity contribution < 1.29 is 4.42 Å². The zero-order valence-electron chi connectivity index (χ0n) is 18.9. The van der Waals surface area contributed by atoms with Gasteiger partial charge in [-0.25, -0.2) is 4.98 Å². The summed E-state index contributed by atoms with van der Waals surface area (Å²) in [5, 5.41) is 2.05. The normalized spacial score (nSPS) is 19.2. The largest absolute Gasteiger partial charge is 0.437 e.